The van der Waals surface area contributed by atoms with Crippen molar-refractivity contribution in [1.82, 2.24) is 0 Å². The lowest BCUT2D eigenvalue weighted by Gasteiger charge is -2.12. The Kier molecular flexibility index (Phi) is 30.6. The van der Waals surface area contributed by atoms with Gasteiger partial charge in [-0.1, -0.05) is 115 Å². The minimum absolute atomic E-state index is 0.121. The highest BCUT2D eigenvalue weighted by molar-refractivity contribution is 5.69. The largest absolute Gasteiger partial charge is 0.463 e. The maximum absolute atomic E-state index is 11.9. The first kappa shape index (κ1) is 38.4. The molecule has 40 heavy (non-hydrogen) atoms. The molecule has 0 aliphatic rings. The molecule has 0 fully saturated rings. The number of ether oxygens (including phenoxy) is 2. The summed E-state index contributed by atoms with van der Waals surface area (Å²) in [6, 6.07) is 0. The summed E-state index contributed by atoms with van der Waals surface area (Å²) in [7, 11) is 0. The van der Waals surface area contributed by atoms with Crippen molar-refractivity contribution in [2.75, 3.05) is 13.2 Å². The summed E-state index contributed by atoms with van der Waals surface area (Å²) in [6.07, 6.45) is 35.0. The van der Waals surface area contributed by atoms with Crippen LogP contribution in [0.1, 0.15) is 168 Å². The third-order valence-electron chi connectivity index (χ3n) is 7.16. The number of unbranched alkanes of at least 4 members (excludes halogenated alkanes) is 18. The number of aliphatic hydroxyl groups is 1. The molecule has 0 unspecified atom stereocenters. The maximum atomic E-state index is 11.9. The molecule has 0 saturated heterocycles. The minimum Gasteiger partial charge on any atom is -0.463 e. The number of carbonyl (C=O) groups excluding carboxylic acids is 2. The number of allylic oxidation sites excluding steroid dienone is 4. The zero-order valence-corrected chi connectivity index (χ0v) is 26.4. The van der Waals surface area contributed by atoms with Crippen LogP contribution in [0.2, 0.25) is 0 Å². The van der Waals surface area contributed by atoms with E-state index in [2.05, 4.69) is 38.2 Å². The van der Waals surface area contributed by atoms with Crippen molar-refractivity contribution in [3.8, 4) is 0 Å². The topological polar surface area (TPSA) is 72.8 Å². The molecule has 0 aliphatic heterocycles. The van der Waals surface area contributed by atoms with Crippen molar-refractivity contribution < 1.29 is 24.2 Å². The molecule has 0 aromatic carbocycles. The van der Waals surface area contributed by atoms with Gasteiger partial charge < -0.3 is 14.6 Å². The Bertz CT molecular complexity index is 561. The molecule has 0 radical (unpaired) electrons. The van der Waals surface area contributed by atoms with Crippen LogP contribution in [0.3, 0.4) is 0 Å². The van der Waals surface area contributed by atoms with Gasteiger partial charge in [-0.3, -0.25) is 9.59 Å². The average molecular weight is 565 g/mol. The van der Waals surface area contributed by atoms with Crippen LogP contribution in [0, 0.1) is 0 Å². The van der Waals surface area contributed by atoms with Crippen LogP contribution in [-0.2, 0) is 19.1 Å². The van der Waals surface area contributed by atoms with Gasteiger partial charge in [-0.2, -0.15) is 0 Å². The van der Waals surface area contributed by atoms with E-state index in [9.17, 15) is 14.7 Å². The Labute approximate surface area is 247 Å². The summed E-state index contributed by atoms with van der Waals surface area (Å²) in [5, 5.41) is 9.95. The van der Waals surface area contributed by atoms with Crippen molar-refractivity contribution in [2.45, 2.75) is 174 Å². The molecule has 0 aromatic rings. The summed E-state index contributed by atoms with van der Waals surface area (Å²) in [5.41, 5.74) is 0. The van der Waals surface area contributed by atoms with E-state index in [1.807, 2.05) is 0 Å². The Hall–Kier alpha value is -1.62. The molecule has 0 amide bonds. The van der Waals surface area contributed by atoms with E-state index >= 15 is 0 Å². The van der Waals surface area contributed by atoms with E-state index in [1.54, 1.807) is 0 Å². The zero-order valence-electron chi connectivity index (χ0n) is 26.4. The third kappa shape index (κ3) is 30.9. The van der Waals surface area contributed by atoms with Gasteiger partial charge in [0.25, 0.3) is 0 Å². The fraction of sp³-hybridized carbons (Fsp3) is 0.829. The van der Waals surface area contributed by atoms with Crippen molar-refractivity contribution in [1.29, 1.82) is 0 Å². The van der Waals surface area contributed by atoms with E-state index in [0.29, 0.717) is 12.8 Å². The molecular weight excluding hydrogens is 500 g/mol. The summed E-state index contributed by atoms with van der Waals surface area (Å²) in [5.74, 6) is -0.585. The van der Waals surface area contributed by atoms with Crippen LogP contribution in [0.25, 0.3) is 0 Å². The second kappa shape index (κ2) is 31.9. The summed E-state index contributed by atoms with van der Waals surface area (Å²) < 4.78 is 10.3. The van der Waals surface area contributed by atoms with E-state index in [-0.39, 0.29) is 25.2 Å². The summed E-state index contributed by atoms with van der Waals surface area (Å²) in [4.78, 5) is 23.8. The highest BCUT2D eigenvalue weighted by atomic mass is 16.6. The van der Waals surface area contributed by atoms with Crippen LogP contribution in [0.5, 0.6) is 0 Å². The number of rotatable bonds is 30. The van der Waals surface area contributed by atoms with Gasteiger partial charge in [0.05, 0.1) is 0 Å². The number of hydrogen-bond acceptors (Lipinski definition) is 5. The number of aliphatic hydroxyl groups excluding tert-OH is 1. The SMILES string of the molecule is CCCCCCC=CCCCCCCCC(=O)OCC(O)COC(=O)CCCCCCCC=CCCCCCC. The van der Waals surface area contributed by atoms with Gasteiger partial charge >= 0.3 is 11.9 Å². The lowest BCUT2D eigenvalue weighted by Crippen LogP contribution is -2.25. The molecular formula is C35H64O5. The van der Waals surface area contributed by atoms with Gasteiger partial charge in [-0.05, 0) is 64.2 Å². The number of carbonyl (C=O) groups is 2. The van der Waals surface area contributed by atoms with Crippen molar-refractivity contribution in [3.05, 3.63) is 24.3 Å². The number of esters is 2. The number of hydrogen-bond donors (Lipinski definition) is 1. The lowest BCUT2D eigenvalue weighted by molar-refractivity contribution is -0.152. The molecule has 0 aliphatic carbocycles. The molecule has 0 spiro atoms. The predicted molar refractivity (Wildman–Crippen MR) is 168 cm³/mol. The van der Waals surface area contributed by atoms with Gasteiger partial charge in [0, 0.05) is 12.8 Å². The standard InChI is InChI=1S/C35H64O5/c1-3-5-7-9-11-13-15-17-19-21-23-25-27-29-34(37)39-31-33(36)32-40-35(38)30-28-26-24-22-20-18-16-14-12-10-8-6-4-2/h13-16,33,36H,3-12,17-32H2,1-2H3. The normalized spacial score (nSPS) is 12.4. The second-order valence-corrected chi connectivity index (χ2v) is 11.3. The van der Waals surface area contributed by atoms with Crippen molar-refractivity contribution >= 4 is 11.9 Å². The van der Waals surface area contributed by atoms with Crippen molar-refractivity contribution in [2.24, 2.45) is 0 Å². The first-order chi connectivity index (χ1) is 19.6. The van der Waals surface area contributed by atoms with Gasteiger partial charge in [0.2, 0.25) is 0 Å². The smallest absolute Gasteiger partial charge is 0.305 e. The molecule has 0 atom stereocenters. The van der Waals surface area contributed by atoms with Gasteiger partial charge in [-0.15, -0.1) is 0 Å². The van der Waals surface area contributed by atoms with Crippen LogP contribution < -0.4 is 0 Å². The summed E-state index contributed by atoms with van der Waals surface area (Å²) >= 11 is 0. The van der Waals surface area contributed by atoms with Crippen LogP contribution >= 0.6 is 0 Å². The summed E-state index contributed by atoms with van der Waals surface area (Å²) in [6.45, 7) is 4.24. The first-order valence-corrected chi connectivity index (χ1v) is 16.9. The molecule has 1 N–H and O–H groups in total. The molecule has 0 saturated carbocycles. The van der Waals surface area contributed by atoms with Gasteiger partial charge in [0.15, 0.2) is 0 Å². The fourth-order valence-electron chi connectivity index (χ4n) is 4.54. The van der Waals surface area contributed by atoms with E-state index in [0.717, 1.165) is 51.4 Å². The molecule has 5 nitrogen and oxygen atoms in total. The van der Waals surface area contributed by atoms with E-state index < -0.39 is 6.10 Å². The Balaban J connectivity index is 3.47. The minimum atomic E-state index is -0.965. The third-order valence-corrected chi connectivity index (χ3v) is 7.16. The van der Waals surface area contributed by atoms with Crippen LogP contribution in [0.15, 0.2) is 24.3 Å². The molecule has 0 bridgehead atoms. The lowest BCUT2D eigenvalue weighted by atomic mass is 10.1. The quantitative estimate of drug-likeness (QED) is 0.0534. The fourth-order valence-corrected chi connectivity index (χ4v) is 4.54. The second-order valence-electron chi connectivity index (χ2n) is 11.3. The predicted octanol–water partition coefficient (Wildman–Crippen LogP) is 9.95. The van der Waals surface area contributed by atoms with E-state index in [4.69, 9.17) is 9.47 Å². The average Bonchev–Trinajstić information content (AvgIpc) is 2.95. The van der Waals surface area contributed by atoms with Gasteiger partial charge in [0.1, 0.15) is 19.3 Å². The van der Waals surface area contributed by atoms with E-state index in [1.165, 1.54) is 89.9 Å². The molecule has 234 valence electrons. The monoisotopic (exact) mass is 564 g/mol. The van der Waals surface area contributed by atoms with Crippen LogP contribution in [-0.4, -0.2) is 36.4 Å². The first-order valence-electron chi connectivity index (χ1n) is 16.9. The molecule has 0 rings (SSSR count). The van der Waals surface area contributed by atoms with Crippen LogP contribution in [0.4, 0.5) is 0 Å². The zero-order chi connectivity index (χ0) is 29.4. The Morgan fingerprint density at radius 1 is 0.500 bits per heavy atom. The highest BCUT2D eigenvalue weighted by Gasteiger charge is 2.12. The Morgan fingerprint density at radius 3 is 1.15 bits per heavy atom. The highest BCUT2D eigenvalue weighted by Crippen LogP contribution is 2.11. The molecule has 0 aromatic heterocycles. The maximum Gasteiger partial charge on any atom is 0.305 e. The van der Waals surface area contributed by atoms with Crippen molar-refractivity contribution in [3.63, 3.8) is 0 Å². The molecule has 5 heteroatoms. The van der Waals surface area contributed by atoms with Gasteiger partial charge in [-0.25, -0.2) is 0 Å². The Morgan fingerprint density at radius 2 is 0.800 bits per heavy atom. The molecule has 0 heterocycles.